The van der Waals surface area contributed by atoms with E-state index in [-0.39, 0.29) is 4.90 Å². The van der Waals surface area contributed by atoms with E-state index in [1.807, 2.05) is 60.7 Å². The van der Waals surface area contributed by atoms with E-state index in [9.17, 15) is 8.42 Å². The van der Waals surface area contributed by atoms with E-state index in [1.54, 1.807) is 18.2 Å². The summed E-state index contributed by atoms with van der Waals surface area (Å²) in [6.07, 6.45) is 1.21. The fourth-order valence-corrected chi connectivity index (χ4v) is 3.23. The van der Waals surface area contributed by atoms with E-state index in [2.05, 4.69) is 5.32 Å². The molecule has 0 aliphatic rings. The third kappa shape index (κ3) is 4.86. The molecule has 0 unspecified atom stereocenters. The number of anilines is 1. The molecule has 1 N–H and O–H groups in total. The van der Waals surface area contributed by atoms with Gasteiger partial charge in [0, 0.05) is 24.1 Å². The largest absolute Gasteiger partial charge is 0.489 e. The molecule has 0 amide bonds. The van der Waals surface area contributed by atoms with Gasteiger partial charge in [-0.3, -0.25) is 0 Å². The number of sulfone groups is 1. The van der Waals surface area contributed by atoms with Gasteiger partial charge >= 0.3 is 0 Å². The van der Waals surface area contributed by atoms with Crippen molar-refractivity contribution in [2.75, 3.05) is 11.6 Å². The fraction of sp³-hybridized carbons (Fsp3) is 0.143. The van der Waals surface area contributed by atoms with Gasteiger partial charge in [0.15, 0.2) is 9.84 Å². The molecule has 3 aromatic carbocycles. The molecule has 0 saturated carbocycles. The van der Waals surface area contributed by atoms with Crippen molar-refractivity contribution in [3.63, 3.8) is 0 Å². The molecule has 0 spiro atoms. The Morgan fingerprint density at radius 1 is 0.885 bits per heavy atom. The smallest absolute Gasteiger partial charge is 0.175 e. The summed E-state index contributed by atoms with van der Waals surface area (Å²) in [6.45, 7) is 0.898. The second kappa shape index (κ2) is 8.06. The van der Waals surface area contributed by atoms with Crippen LogP contribution in [0, 0.1) is 0 Å². The third-order valence-corrected chi connectivity index (χ3v) is 5.06. The van der Waals surface area contributed by atoms with Crippen LogP contribution in [0.25, 0.3) is 0 Å². The number of ether oxygens (including phenoxy) is 1. The van der Waals surface area contributed by atoms with Gasteiger partial charge in [-0.05, 0) is 35.9 Å². The monoisotopic (exact) mass is 367 g/mol. The zero-order chi connectivity index (χ0) is 18.4. The molecule has 0 radical (unpaired) electrons. The molecule has 3 aromatic rings. The quantitative estimate of drug-likeness (QED) is 0.677. The second-order valence-corrected chi connectivity index (χ2v) is 8.05. The summed E-state index contributed by atoms with van der Waals surface area (Å²) in [6, 6.07) is 24.6. The molecule has 0 heterocycles. The molecule has 0 fully saturated rings. The lowest BCUT2D eigenvalue weighted by Gasteiger charge is -2.14. The van der Waals surface area contributed by atoms with Crippen molar-refractivity contribution in [1.29, 1.82) is 0 Å². The van der Waals surface area contributed by atoms with Crippen LogP contribution in [0.4, 0.5) is 5.69 Å². The van der Waals surface area contributed by atoms with E-state index in [1.165, 1.54) is 6.26 Å². The number of rotatable bonds is 7. The molecule has 3 rings (SSSR count). The first-order valence-electron chi connectivity index (χ1n) is 8.31. The van der Waals surface area contributed by atoms with Crippen LogP contribution in [-0.4, -0.2) is 14.7 Å². The van der Waals surface area contributed by atoms with Crippen LogP contribution in [-0.2, 0) is 23.0 Å². The summed E-state index contributed by atoms with van der Waals surface area (Å²) in [5.41, 5.74) is 2.82. The molecular weight excluding hydrogens is 346 g/mol. The number of hydrogen-bond acceptors (Lipinski definition) is 4. The Labute approximate surface area is 154 Å². The second-order valence-electron chi connectivity index (χ2n) is 6.04. The zero-order valence-corrected chi connectivity index (χ0v) is 15.4. The van der Waals surface area contributed by atoms with Gasteiger partial charge in [0.1, 0.15) is 12.4 Å². The number of hydrogen-bond donors (Lipinski definition) is 1. The SMILES string of the molecule is CS(=O)(=O)c1ccc(OCc2ccccc2)c(CNc2ccccc2)c1. The maximum atomic E-state index is 11.9. The molecule has 5 heteroatoms. The summed E-state index contributed by atoms with van der Waals surface area (Å²) >= 11 is 0. The first-order chi connectivity index (χ1) is 12.5. The maximum absolute atomic E-state index is 11.9. The minimum Gasteiger partial charge on any atom is -0.489 e. The number of nitrogens with one attached hydrogen (secondary N) is 1. The molecule has 0 aromatic heterocycles. The lowest BCUT2D eigenvalue weighted by atomic mass is 10.2. The molecule has 4 nitrogen and oxygen atoms in total. The van der Waals surface area contributed by atoms with Crippen LogP contribution >= 0.6 is 0 Å². The number of benzene rings is 3. The highest BCUT2D eigenvalue weighted by molar-refractivity contribution is 7.90. The van der Waals surface area contributed by atoms with E-state index >= 15 is 0 Å². The summed E-state index contributed by atoms with van der Waals surface area (Å²) < 4.78 is 29.7. The van der Waals surface area contributed by atoms with Crippen LogP contribution in [0.2, 0.25) is 0 Å². The van der Waals surface area contributed by atoms with Gasteiger partial charge in [0.05, 0.1) is 4.90 Å². The average Bonchev–Trinajstić information content (AvgIpc) is 2.66. The summed E-state index contributed by atoms with van der Waals surface area (Å²) in [4.78, 5) is 0.287. The molecule has 0 aliphatic carbocycles. The van der Waals surface area contributed by atoms with E-state index in [0.717, 1.165) is 16.8 Å². The highest BCUT2D eigenvalue weighted by Gasteiger charge is 2.12. The van der Waals surface area contributed by atoms with Crippen LogP contribution in [0.5, 0.6) is 5.75 Å². The average molecular weight is 367 g/mol. The molecule has 0 aliphatic heterocycles. The molecule has 0 atom stereocenters. The minimum atomic E-state index is -3.28. The van der Waals surface area contributed by atoms with Gasteiger partial charge < -0.3 is 10.1 Å². The van der Waals surface area contributed by atoms with Crippen LogP contribution in [0.1, 0.15) is 11.1 Å². The Kier molecular flexibility index (Phi) is 5.58. The minimum absolute atomic E-state index is 0.287. The highest BCUT2D eigenvalue weighted by Crippen LogP contribution is 2.25. The van der Waals surface area contributed by atoms with E-state index in [0.29, 0.717) is 18.9 Å². The maximum Gasteiger partial charge on any atom is 0.175 e. The van der Waals surface area contributed by atoms with Crippen molar-refractivity contribution >= 4 is 15.5 Å². The van der Waals surface area contributed by atoms with E-state index < -0.39 is 9.84 Å². The Morgan fingerprint density at radius 3 is 2.19 bits per heavy atom. The van der Waals surface area contributed by atoms with Crippen molar-refractivity contribution in [3.8, 4) is 5.75 Å². The molecule has 0 bridgehead atoms. The first-order valence-corrected chi connectivity index (χ1v) is 10.2. The Hall–Kier alpha value is -2.79. The standard InChI is InChI=1S/C21H21NO3S/c1-26(23,24)20-12-13-21(25-16-17-8-4-2-5-9-17)18(14-20)15-22-19-10-6-3-7-11-19/h2-14,22H,15-16H2,1H3. The van der Waals surface area contributed by atoms with Crippen molar-refractivity contribution in [2.45, 2.75) is 18.0 Å². The Morgan fingerprint density at radius 2 is 1.54 bits per heavy atom. The van der Waals surface area contributed by atoms with Crippen molar-refractivity contribution in [1.82, 2.24) is 0 Å². The lowest BCUT2D eigenvalue weighted by Crippen LogP contribution is -2.06. The topological polar surface area (TPSA) is 55.4 Å². The third-order valence-electron chi connectivity index (χ3n) is 3.95. The molecule has 134 valence electrons. The van der Waals surface area contributed by atoms with Gasteiger partial charge in [-0.15, -0.1) is 0 Å². The predicted octanol–water partition coefficient (Wildman–Crippen LogP) is 4.28. The first kappa shape index (κ1) is 18.0. The van der Waals surface area contributed by atoms with Crippen molar-refractivity contribution < 1.29 is 13.2 Å². The predicted molar refractivity (Wildman–Crippen MR) is 104 cm³/mol. The van der Waals surface area contributed by atoms with Crippen molar-refractivity contribution in [2.24, 2.45) is 0 Å². The normalized spacial score (nSPS) is 11.1. The van der Waals surface area contributed by atoms with Gasteiger partial charge in [-0.25, -0.2) is 8.42 Å². The van der Waals surface area contributed by atoms with Gasteiger partial charge in [0.2, 0.25) is 0 Å². The fourth-order valence-electron chi connectivity index (χ4n) is 2.55. The lowest BCUT2D eigenvalue weighted by molar-refractivity contribution is 0.303. The Bertz CT molecular complexity index is 955. The van der Waals surface area contributed by atoms with Crippen LogP contribution < -0.4 is 10.1 Å². The van der Waals surface area contributed by atoms with Crippen LogP contribution in [0.15, 0.2) is 83.8 Å². The summed E-state index contributed by atoms with van der Waals surface area (Å²) in [5, 5.41) is 3.30. The zero-order valence-electron chi connectivity index (χ0n) is 14.6. The molecule has 0 saturated heterocycles. The Balaban J connectivity index is 1.82. The highest BCUT2D eigenvalue weighted by atomic mass is 32.2. The molecular formula is C21H21NO3S. The van der Waals surface area contributed by atoms with Gasteiger partial charge in [-0.2, -0.15) is 0 Å². The van der Waals surface area contributed by atoms with Gasteiger partial charge in [-0.1, -0.05) is 48.5 Å². The molecule has 26 heavy (non-hydrogen) atoms. The number of para-hydroxylation sites is 1. The van der Waals surface area contributed by atoms with Gasteiger partial charge in [0.25, 0.3) is 0 Å². The van der Waals surface area contributed by atoms with E-state index in [4.69, 9.17) is 4.74 Å². The summed E-state index contributed by atoms with van der Waals surface area (Å²) in [5.74, 6) is 0.671. The van der Waals surface area contributed by atoms with Crippen molar-refractivity contribution in [3.05, 3.63) is 90.0 Å². The summed E-state index contributed by atoms with van der Waals surface area (Å²) in [7, 11) is -3.28. The van der Waals surface area contributed by atoms with Crippen LogP contribution in [0.3, 0.4) is 0 Å².